The van der Waals surface area contributed by atoms with Crippen molar-refractivity contribution in [2.24, 2.45) is 0 Å². The summed E-state index contributed by atoms with van der Waals surface area (Å²) in [6, 6.07) is 11.1. The molecule has 2 aromatic rings. The number of rotatable bonds is 4. The van der Waals surface area contributed by atoms with Crippen LogP contribution in [0.3, 0.4) is 0 Å². The van der Waals surface area contributed by atoms with Crippen LogP contribution in [-0.4, -0.2) is 46.5 Å². The molecule has 0 unspecified atom stereocenters. The molecule has 25 heavy (non-hydrogen) atoms. The molecule has 1 aliphatic rings. The summed E-state index contributed by atoms with van der Waals surface area (Å²) in [4.78, 5) is 4.61. The molecule has 1 fully saturated rings. The van der Waals surface area contributed by atoms with E-state index in [0.717, 1.165) is 31.9 Å². The molecule has 3 rings (SSSR count). The molecule has 0 aliphatic carbocycles. The van der Waals surface area contributed by atoms with E-state index in [1.807, 2.05) is 12.1 Å². The molecule has 0 bridgehead atoms. The van der Waals surface area contributed by atoms with Crippen LogP contribution >= 0.6 is 0 Å². The maximum absolute atomic E-state index is 13.3. The topological polar surface area (TPSA) is 52.7 Å². The first kappa shape index (κ1) is 17.7. The van der Waals surface area contributed by atoms with E-state index < -0.39 is 15.8 Å². The Kier molecular flexibility index (Phi) is 4.96. The Labute approximate surface area is 148 Å². The maximum atomic E-state index is 13.3. The quantitative estimate of drug-likeness (QED) is 0.907. The van der Waals surface area contributed by atoms with E-state index in [4.69, 9.17) is 0 Å². The maximum Gasteiger partial charge on any atom is 0.261 e. The number of halogens is 1. The summed E-state index contributed by atoms with van der Waals surface area (Å²) in [5, 5.41) is 0. The predicted octanol–water partition coefficient (Wildman–Crippen LogP) is 2.69. The summed E-state index contributed by atoms with van der Waals surface area (Å²) < 4.78 is 40.8. The zero-order chi connectivity index (χ0) is 18.0. The number of benzene rings is 2. The zero-order valence-electron chi connectivity index (χ0n) is 14.4. The Balaban J connectivity index is 1.73. The van der Waals surface area contributed by atoms with Gasteiger partial charge in [0, 0.05) is 37.6 Å². The first-order chi connectivity index (χ1) is 11.8. The fourth-order valence-electron chi connectivity index (χ4n) is 2.80. The van der Waals surface area contributed by atoms with Crippen LogP contribution in [-0.2, 0) is 10.0 Å². The van der Waals surface area contributed by atoms with Gasteiger partial charge in [-0.25, -0.2) is 12.8 Å². The van der Waals surface area contributed by atoms with Gasteiger partial charge in [0.15, 0.2) is 0 Å². The van der Waals surface area contributed by atoms with Crippen molar-refractivity contribution in [2.75, 3.05) is 42.8 Å². The highest BCUT2D eigenvalue weighted by Crippen LogP contribution is 2.22. The van der Waals surface area contributed by atoms with E-state index >= 15 is 0 Å². The van der Waals surface area contributed by atoms with Crippen LogP contribution in [0.25, 0.3) is 0 Å². The van der Waals surface area contributed by atoms with Crippen molar-refractivity contribution >= 4 is 21.4 Å². The molecule has 2 aromatic carbocycles. The van der Waals surface area contributed by atoms with Crippen molar-refractivity contribution in [1.29, 1.82) is 0 Å². The second kappa shape index (κ2) is 7.01. The molecule has 0 radical (unpaired) electrons. The molecule has 1 heterocycles. The summed E-state index contributed by atoms with van der Waals surface area (Å²) in [6.07, 6.45) is 0. The fourth-order valence-corrected chi connectivity index (χ4v) is 3.95. The van der Waals surface area contributed by atoms with Crippen LogP contribution in [0.2, 0.25) is 0 Å². The van der Waals surface area contributed by atoms with Gasteiger partial charge in [-0.2, -0.15) is 0 Å². The number of piperazine rings is 1. The predicted molar refractivity (Wildman–Crippen MR) is 98.1 cm³/mol. The molecular weight excluding hydrogens is 341 g/mol. The Morgan fingerprint density at radius 3 is 2.24 bits per heavy atom. The van der Waals surface area contributed by atoms with Gasteiger partial charge in [-0.3, -0.25) is 4.72 Å². The number of anilines is 2. The van der Waals surface area contributed by atoms with Crippen LogP contribution in [0.15, 0.2) is 47.4 Å². The van der Waals surface area contributed by atoms with Gasteiger partial charge in [0.25, 0.3) is 10.0 Å². The average Bonchev–Trinajstić information content (AvgIpc) is 2.58. The van der Waals surface area contributed by atoms with Gasteiger partial charge >= 0.3 is 0 Å². The number of aryl methyl sites for hydroxylation is 1. The van der Waals surface area contributed by atoms with E-state index in [9.17, 15) is 12.8 Å². The molecule has 0 aromatic heterocycles. The number of hydrogen-bond acceptors (Lipinski definition) is 4. The zero-order valence-corrected chi connectivity index (χ0v) is 15.2. The number of hydrogen-bond donors (Lipinski definition) is 1. The molecule has 134 valence electrons. The van der Waals surface area contributed by atoms with Gasteiger partial charge in [-0.1, -0.05) is 0 Å². The molecule has 5 nitrogen and oxygen atoms in total. The molecule has 1 aliphatic heterocycles. The number of sulfonamides is 1. The lowest BCUT2D eigenvalue weighted by atomic mass is 10.2. The Morgan fingerprint density at radius 2 is 1.64 bits per heavy atom. The minimum absolute atomic E-state index is 0.0505. The minimum atomic E-state index is -3.73. The Hall–Kier alpha value is -2.12. The van der Waals surface area contributed by atoms with Crippen molar-refractivity contribution in [3.05, 3.63) is 53.8 Å². The highest BCUT2D eigenvalue weighted by molar-refractivity contribution is 7.92. The molecule has 0 spiro atoms. The smallest absolute Gasteiger partial charge is 0.261 e. The summed E-state index contributed by atoms with van der Waals surface area (Å²) in [5.41, 5.74) is 1.86. The van der Waals surface area contributed by atoms with Crippen molar-refractivity contribution in [3.63, 3.8) is 0 Å². The van der Waals surface area contributed by atoms with Gasteiger partial charge in [0.2, 0.25) is 0 Å². The van der Waals surface area contributed by atoms with Crippen molar-refractivity contribution in [2.45, 2.75) is 11.8 Å². The lowest BCUT2D eigenvalue weighted by Crippen LogP contribution is -2.44. The largest absolute Gasteiger partial charge is 0.369 e. The van der Waals surface area contributed by atoms with E-state index in [0.29, 0.717) is 11.3 Å². The fraction of sp³-hybridized carbons (Fsp3) is 0.333. The highest BCUT2D eigenvalue weighted by Gasteiger charge is 2.17. The number of nitrogens with zero attached hydrogens (tertiary/aromatic N) is 2. The standard InChI is InChI=1S/C18H22FN3O2S/c1-14-13-17(7-8-18(14)19)25(23,24)20-15-3-5-16(6-4-15)22-11-9-21(2)10-12-22/h3-8,13,20H,9-12H2,1-2H3. The second-order valence-electron chi connectivity index (χ2n) is 6.35. The second-order valence-corrected chi connectivity index (χ2v) is 8.04. The van der Waals surface area contributed by atoms with Crippen LogP contribution in [0, 0.1) is 12.7 Å². The van der Waals surface area contributed by atoms with Gasteiger partial charge in [-0.05, 0) is 62.0 Å². The highest BCUT2D eigenvalue weighted by atomic mass is 32.2. The average molecular weight is 363 g/mol. The van der Waals surface area contributed by atoms with Crippen molar-refractivity contribution < 1.29 is 12.8 Å². The minimum Gasteiger partial charge on any atom is -0.369 e. The summed E-state index contributed by atoms with van der Waals surface area (Å²) >= 11 is 0. The van der Waals surface area contributed by atoms with E-state index in [1.54, 1.807) is 19.1 Å². The molecule has 0 atom stereocenters. The van der Waals surface area contributed by atoms with Crippen LogP contribution in [0.1, 0.15) is 5.56 Å². The molecule has 1 saturated heterocycles. The van der Waals surface area contributed by atoms with Gasteiger partial charge in [0.1, 0.15) is 5.82 Å². The normalized spacial score (nSPS) is 16.0. The molecule has 0 amide bonds. The Morgan fingerprint density at radius 1 is 1.00 bits per heavy atom. The van der Waals surface area contributed by atoms with Gasteiger partial charge < -0.3 is 9.80 Å². The third-order valence-electron chi connectivity index (χ3n) is 4.43. The Bertz CT molecular complexity index is 845. The third-order valence-corrected chi connectivity index (χ3v) is 5.81. The first-order valence-corrected chi connectivity index (χ1v) is 9.66. The lowest BCUT2D eigenvalue weighted by Gasteiger charge is -2.34. The summed E-state index contributed by atoms with van der Waals surface area (Å²) in [7, 11) is -1.63. The van der Waals surface area contributed by atoms with Crippen LogP contribution in [0.4, 0.5) is 15.8 Å². The van der Waals surface area contributed by atoms with Crippen molar-refractivity contribution in [1.82, 2.24) is 4.90 Å². The molecule has 1 N–H and O–H groups in total. The monoisotopic (exact) mass is 363 g/mol. The van der Waals surface area contributed by atoms with E-state index in [2.05, 4.69) is 21.6 Å². The van der Waals surface area contributed by atoms with Gasteiger partial charge in [0.05, 0.1) is 4.90 Å². The summed E-state index contributed by atoms with van der Waals surface area (Å²) in [6.45, 7) is 5.47. The van der Waals surface area contributed by atoms with Crippen LogP contribution in [0.5, 0.6) is 0 Å². The molecule has 0 saturated carbocycles. The SMILES string of the molecule is Cc1cc(S(=O)(=O)Nc2ccc(N3CCN(C)CC3)cc2)ccc1F. The van der Waals surface area contributed by atoms with Gasteiger partial charge in [-0.15, -0.1) is 0 Å². The van der Waals surface area contributed by atoms with Crippen molar-refractivity contribution in [3.8, 4) is 0 Å². The number of likely N-dealkylation sites (N-methyl/N-ethyl adjacent to an activating group) is 1. The summed E-state index contributed by atoms with van der Waals surface area (Å²) in [5.74, 6) is -0.421. The lowest BCUT2D eigenvalue weighted by molar-refractivity contribution is 0.313. The number of nitrogens with one attached hydrogen (secondary N) is 1. The van der Waals surface area contributed by atoms with Crippen LogP contribution < -0.4 is 9.62 Å². The van der Waals surface area contributed by atoms with E-state index in [1.165, 1.54) is 18.2 Å². The third kappa shape index (κ3) is 4.11. The van der Waals surface area contributed by atoms with E-state index in [-0.39, 0.29) is 4.90 Å². The molecule has 7 heteroatoms. The molecular formula is C18H22FN3O2S. The first-order valence-electron chi connectivity index (χ1n) is 8.18.